The highest BCUT2D eigenvalue weighted by molar-refractivity contribution is 7.89. The van der Waals surface area contributed by atoms with Crippen LogP contribution >= 0.6 is 0 Å². The molecule has 0 saturated carbocycles. The van der Waals surface area contributed by atoms with Crippen LogP contribution in [-0.4, -0.2) is 31.7 Å². The van der Waals surface area contributed by atoms with Gasteiger partial charge in [-0.3, -0.25) is 4.79 Å². The summed E-state index contributed by atoms with van der Waals surface area (Å²) in [6, 6.07) is 14.4. The summed E-state index contributed by atoms with van der Waals surface area (Å²) in [5.41, 5.74) is 2.97. The van der Waals surface area contributed by atoms with Crippen molar-refractivity contribution in [1.82, 2.24) is 4.31 Å². The largest absolute Gasteiger partial charge is 0.325 e. The third-order valence-corrected chi connectivity index (χ3v) is 7.00. The Morgan fingerprint density at radius 1 is 1.15 bits per heavy atom. The second-order valence-corrected chi connectivity index (χ2v) is 8.91. The number of nitrogens with zero attached hydrogens (tertiary/aromatic N) is 1. The molecule has 1 fully saturated rings. The van der Waals surface area contributed by atoms with Crippen LogP contribution in [-0.2, 0) is 21.2 Å². The minimum absolute atomic E-state index is 0.105. The van der Waals surface area contributed by atoms with Gasteiger partial charge in [-0.15, -0.1) is 0 Å². The highest BCUT2D eigenvalue weighted by Crippen LogP contribution is 2.26. The first-order valence-corrected chi connectivity index (χ1v) is 10.8. The van der Waals surface area contributed by atoms with E-state index in [9.17, 15) is 13.2 Å². The van der Waals surface area contributed by atoms with Crippen LogP contribution in [0.1, 0.15) is 30.9 Å². The number of carbonyl (C=O) groups excluding carboxylic acids is 1. The van der Waals surface area contributed by atoms with E-state index < -0.39 is 10.0 Å². The second-order valence-electron chi connectivity index (χ2n) is 6.97. The molecule has 1 aliphatic heterocycles. The predicted octanol–water partition coefficient (Wildman–Crippen LogP) is 3.60. The Kier molecular flexibility index (Phi) is 5.97. The van der Waals surface area contributed by atoms with E-state index in [0.29, 0.717) is 19.4 Å². The van der Waals surface area contributed by atoms with Crippen molar-refractivity contribution in [2.75, 3.05) is 18.4 Å². The number of anilines is 1. The van der Waals surface area contributed by atoms with Crippen LogP contribution in [0.3, 0.4) is 0 Å². The van der Waals surface area contributed by atoms with Crippen LogP contribution in [0, 0.1) is 12.8 Å². The van der Waals surface area contributed by atoms with E-state index in [1.165, 1.54) is 4.31 Å². The maximum absolute atomic E-state index is 12.9. The summed E-state index contributed by atoms with van der Waals surface area (Å²) in [5.74, 6) is -0.450. The van der Waals surface area contributed by atoms with E-state index in [4.69, 9.17) is 0 Å². The third kappa shape index (κ3) is 4.22. The molecule has 0 bridgehead atoms. The molecule has 0 spiro atoms. The van der Waals surface area contributed by atoms with Gasteiger partial charge in [0.2, 0.25) is 15.9 Å². The molecule has 6 heteroatoms. The van der Waals surface area contributed by atoms with Crippen molar-refractivity contribution in [3.63, 3.8) is 0 Å². The van der Waals surface area contributed by atoms with Crippen LogP contribution in [0.5, 0.6) is 0 Å². The minimum Gasteiger partial charge on any atom is -0.325 e. The fourth-order valence-electron chi connectivity index (χ4n) is 3.54. The molecule has 27 heavy (non-hydrogen) atoms. The first kappa shape index (κ1) is 19.6. The van der Waals surface area contributed by atoms with Crippen LogP contribution < -0.4 is 5.32 Å². The molecular formula is C21H26N2O3S. The van der Waals surface area contributed by atoms with Gasteiger partial charge >= 0.3 is 0 Å². The van der Waals surface area contributed by atoms with Gasteiger partial charge in [-0.05, 0) is 49.4 Å². The molecule has 1 aliphatic rings. The Balaban J connectivity index is 1.76. The van der Waals surface area contributed by atoms with Gasteiger partial charge in [-0.1, -0.05) is 43.3 Å². The van der Waals surface area contributed by atoms with Crippen molar-refractivity contribution in [1.29, 1.82) is 0 Å². The molecule has 1 atom stereocenters. The number of rotatable bonds is 5. The zero-order valence-corrected chi connectivity index (χ0v) is 16.6. The number of benzene rings is 2. The maximum atomic E-state index is 12.9. The molecule has 1 N–H and O–H groups in total. The summed E-state index contributed by atoms with van der Waals surface area (Å²) in [7, 11) is -3.57. The fraction of sp³-hybridized carbons (Fsp3) is 0.381. The number of piperidine rings is 1. The highest BCUT2D eigenvalue weighted by atomic mass is 32.2. The van der Waals surface area contributed by atoms with Crippen molar-refractivity contribution in [2.24, 2.45) is 5.92 Å². The number of amides is 1. The SMILES string of the molecule is CCc1cccc(C)c1NC(=O)C1CCCN(S(=O)(=O)c2ccccc2)C1. The van der Waals surface area contributed by atoms with Gasteiger partial charge in [0.05, 0.1) is 10.8 Å². The number of hydrogen-bond acceptors (Lipinski definition) is 3. The molecule has 1 unspecified atom stereocenters. The van der Waals surface area contributed by atoms with E-state index in [1.807, 2.05) is 25.1 Å². The lowest BCUT2D eigenvalue weighted by atomic mass is 9.98. The Hall–Kier alpha value is -2.18. The van der Waals surface area contributed by atoms with E-state index in [-0.39, 0.29) is 23.3 Å². The Labute approximate surface area is 161 Å². The highest BCUT2D eigenvalue weighted by Gasteiger charge is 2.33. The quantitative estimate of drug-likeness (QED) is 0.854. The summed E-state index contributed by atoms with van der Waals surface area (Å²) < 4.78 is 27.2. The topological polar surface area (TPSA) is 66.5 Å². The Morgan fingerprint density at radius 3 is 2.59 bits per heavy atom. The average molecular weight is 387 g/mol. The van der Waals surface area contributed by atoms with Crippen LogP contribution in [0.2, 0.25) is 0 Å². The number of para-hydroxylation sites is 1. The molecule has 0 radical (unpaired) electrons. The molecule has 2 aromatic carbocycles. The number of carbonyl (C=O) groups is 1. The van der Waals surface area contributed by atoms with Crippen molar-refractivity contribution in [3.05, 3.63) is 59.7 Å². The molecule has 1 amide bonds. The first-order valence-electron chi connectivity index (χ1n) is 9.38. The molecule has 0 aromatic heterocycles. The maximum Gasteiger partial charge on any atom is 0.243 e. The van der Waals surface area contributed by atoms with Gasteiger partial charge in [-0.2, -0.15) is 4.31 Å². The standard InChI is InChI=1S/C21H26N2O3S/c1-3-17-10-7-9-16(2)20(17)22-21(24)18-11-8-14-23(15-18)27(25,26)19-12-5-4-6-13-19/h4-7,9-10,12-13,18H,3,8,11,14-15H2,1-2H3,(H,22,24). The summed E-state index contributed by atoms with van der Waals surface area (Å²) in [6.45, 7) is 4.70. The molecular weight excluding hydrogens is 360 g/mol. The van der Waals surface area contributed by atoms with Gasteiger partial charge in [0.25, 0.3) is 0 Å². The van der Waals surface area contributed by atoms with E-state index in [1.54, 1.807) is 30.3 Å². The Bertz CT molecular complexity index is 910. The minimum atomic E-state index is -3.57. The third-order valence-electron chi connectivity index (χ3n) is 5.12. The zero-order chi connectivity index (χ0) is 19.4. The van der Waals surface area contributed by atoms with Gasteiger partial charge in [0.1, 0.15) is 0 Å². The molecule has 1 saturated heterocycles. The molecule has 1 heterocycles. The molecule has 0 aliphatic carbocycles. The van der Waals surface area contributed by atoms with E-state index >= 15 is 0 Å². The summed E-state index contributed by atoms with van der Waals surface area (Å²) in [4.78, 5) is 13.1. The number of hydrogen-bond donors (Lipinski definition) is 1. The van der Waals surface area contributed by atoms with Gasteiger partial charge in [0, 0.05) is 18.8 Å². The fourth-order valence-corrected chi connectivity index (χ4v) is 5.09. The first-order chi connectivity index (χ1) is 12.9. The molecule has 144 valence electrons. The lowest BCUT2D eigenvalue weighted by Crippen LogP contribution is -2.43. The lowest BCUT2D eigenvalue weighted by molar-refractivity contribution is -0.120. The number of nitrogens with one attached hydrogen (secondary N) is 1. The zero-order valence-electron chi connectivity index (χ0n) is 15.8. The van der Waals surface area contributed by atoms with Crippen molar-refractivity contribution >= 4 is 21.6 Å². The number of sulfonamides is 1. The Morgan fingerprint density at radius 2 is 1.89 bits per heavy atom. The van der Waals surface area contributed by atoms with Gasteiger partial charge in [-0.25, -0.2) is 8.42 Å². The second kappa shape index (κ2) is 8.23. The van der Waals surface area contributed by atoms with Crippen molar-refractivity contribution in [3.8, 4) is 0 Å². The van der Waals surface area contributed by atoms with Gasteiger partial charge < -0.3 is 5.32 Å². The molecule has 5 nitrogen and oxygen atoms in total. The molecule has 2 aromatic rings. The van der Waals surface area contributed by atoms with E-state index in [2.05, 4.69) is 12.2 Å². The van der Waals surface area contributed by atoms with Gasteiger partial charge in [0.15, 0.2) is 0 Å². The normalized spacial score (nSPS) is 18.2. The smallest absolute Gasteiger partial charge is 0.243 e. The van der Waals surface area contributed by atoms with E-state index in [0.717, 1.165) is 23.2 Å². The summed E-state index contributed by atoms with van der Waals surface area (Å²) >= 11 is 0. The summed E-state index contributed by atoms with van der Waals surface area (Å²) in [5, 5.41) is 3.05. The van der Waals surface area contributed by atoms with Crippen LogP contribution in [0.4, 0.5) is 5.69 Å². The van der Waals surface area contributed by atoms with Crippen molar-refractivity contribution in [2.45, 2.75) is 38.0 Å². The summed E-state index contributed by atoms with van der Waals surface area (Å²) in [6.07, 6.45) is 2.20. The van der Waals surface area contributed by atoms with Crippen LogP contribution in [0.15, 0.2) is 53.4 Å². The molecule has 3 rings (SSSR count). The average Bonchev–Trinajstić information content (AvgIpc) is 2.70. The monoisotopic (exact) mass is 386 g/mol. The number of aryl methyl sites for hydroxylation is 2. The van der Waals surface area contributed by atoms with Crippen LogP contribution in [0.25, 0.3) is 0 Å². The predicted molar refractivity (Wildman–Crippen MR) is 107 cm³/mol. The lowest BCUT2D eigenvalue weighted by Gasteiger charge is -2.31. The van der Waals surface area contributed by atoms with Crippen molar-refractivity contribution < 1.29 is 13.2 Å².